The number of anilines is 1. The zero-order chi connectivity index (χ0) is 24.1. The summed E-state index contributed by atoms with van der Waals surface area (Å²) in [5.74, 6) is -1.07. The molecule has 1 aromatic carbocycles. The third-order valence-electron chi connectivity index (χ3n) is 6.12. The van der Waals surface area contributed by atoms with Gasteiger partial charge in [-0.25, -0.2) is 9.48 Å². The molecule has 180 valence electrons. The molecule has 2 heterocycles. The van der Waals surface area contributed by atoms with Gasteiger partial charge in [-0.3, -0.25) is 19.3 Å². The van der Waals surface area contributed by atoms with E-state index in [-0.39, 0.29) is 18.9 Å². The van der Waals surface area contributed by atoms with E-state index in [9.17, 15) is 19.2 Å². The van der Waals surface area contributed by atoms with Crippen molar-refractivity contribution in [2.45, 2.75) is 50.6 Å². The standard InChI is InChI=1S/C23H26ClN5O5/c24-17-7-3-2-6-16(17)14-29-18(8-12-25-29)26-19(30)15-34-20(31)9-13-28-21(32)23(27-22(28)33)10-4-1-5-11-23/h2-3,6-8,12H,1,4-5,9-11,13-15H2,(H,26,30)(H,27,33). The Morgan fingerprint density at radius 3 is 2.68 bits per heavy atom. The van der Waals surface area contributed by atoms with Gasteiger partial charge >= 0.3 is 12.0 Å². The van der Waals surface area contributed by atoms with Crippen LogP contribution in [0.2, 0.25) is 5.02 Å². The van der Waals surface area contributed by atoms with Crippen LogP contribution in [0.3, 0.4) is 0 Å². The molecule has 2 fully saturated rings. The molecule has 1 aliphatic heterocycles. The molecule has 1 aliphatic carbocycles. The van der Waals surface area contributed by atoms with Crippen LogP contribution in [0.1, 0.15) is 44.1 Å². The fourth-order valence-corrected chi connectivity index (χ4v) is 4.52. The quantitative estimate of drug-likeness (QED) is 0.436. The third kappa shape index (κ3) is 5.22. The van der Waals surface area contributed by atoms with E-state index in [1.54, 1.807) is 16.8 Å². The van der Waals surface area contributed by atoms with Gasteiger partial charge in [0.05, 0.1) is 19.2 Å². The number of carbonyl (C=O) groups is 4. The Labute approximate surface area is 201 Å². The van der Waals surface area contributed by atoms with Crippen molar-refractivity contribution in [3.8, 4) is 0 Å². The Balaban J connectivity index is 1.23. The van der Waals surface area contributed by atoms with Crippen LogP contribution in [0, 0.1) is 0 Å². The highest BCUT2D eigenvalue weighted by Crippen LogP contribution is 2.33. The van der Waals surface area contributed by atoms with Crippen molar-refractivity contribution in [2.75, 3.05) is 18.5 Å². The highest BCUT2D eigenvalue weighted by molar-refractivity contribution is 6.31. The lowest BCUT2D eigenvalue weighted by Crippen LogP contribution is -2.48. The molecule has 1 aromatic heterocycles. The van der Waals surface area contributed by atoms with E-state index in [4.69, 9.17) is 16.3 Å². The molecule has 2 N–H and O–H groups in total. The van der Waals surface area contributed by atoms with Crippen LogP contribution >= 0.6 is 11.6 Å². The van der Waals surface area contributed by atoms with Crippen LogP contribution in [0.25, 0.3) is 0 Å². The summed E-state index contributed by atoms with van der Waals surface area (Å²) in [6.07, 6.45) is 5.39. The Bertz CT molecular complexity index is 1090. The lowest BCUT2D eigenvalue weighted by Gasteiger charge is -2.30. The number of imide groups is 1. The largest absolute Gasteiger partial charge is 0.456 e. The molecule has 0 unspecified atom stereocenters. The molecule has 4 amide bonds. The second-order valence-corrected chi connectivity index (χ2v) is 8.86. The van der Waals surface area contributed by atoms with Crippen LogP contribution in [0.15, 0.2) is 36.5 Å². The molecule has 34 heavy (non-hydrogen) atoms. The molecule has 0 bridgehead atoms. The first-order valence-corrected chi connectivity index (χ1v) is 11.6. The van der Waals surface area contributed by atoms with E-state index >= 15 is 0 Å². The molecule has 4 rings (SSSR count). The van der Waals surface area contributed by atoms with Crippen molar-refractivity contribution in [3.05, 3.63) is 47.1 Å². The van der Waals surface area contributed by atoms with Gasteiger partial charge in [0, 0.05) is 17.6 Å². The minimum atomic E-state index is -0.827. The number of hydrogen-bond acceptors (Lipinski definition) is 6. The SMILES string of the molecule is O=C(COC(=O)CCN1C(=O)NC2(CCCCC2)C1=O)Nc1ccnn1Cc1ccccc1Cl. The third-order valence-corrected chi connectivity index (χ3v) is 6.49. The Morgan fingerprint density at radius 1 is 1.15 bits per heavy atom. The number of carbonyl (C=O) groups excluding carboxylic acids is 4. The molecule has 0 radical (unpaired) electrons. The summed E-state index contributed by atoms with van der Waals surface area (Å²) in [6, 6.07) is 8.45. The Hall–Kier alpha value is -3.40. The van der Waals surface area contributed by atoms with Crippen molar-refractivity contribution in [3.63, 3.8) is 0 Å². The van der Waals surface area contributed by atoms with Gasteiger partial charge in [-0.05, 0) is 24.5 Å². The number of rotatable bonds is 8. The molecule has 1 spiro atoms. The first-order valence-electron chi connectivity index (χ1n) is 11.2. The summed E-state index contributed by atoms with van der Waals surface area (Å²) >= 11 is 6.19. The molecule has 2 aliphatic rings. The minimum Gasteiger partial charge on any atom is -0.456 e. The Morgan fingerprint density at radius 2 is 1.91 bits per heavy atom. The maximum Gasteiger partial charge on any atom is 0.325 e. The zero-order valence-electron chi connectivity index (χ0n) is 18.6. The van der Waals surface area contributed by atoms with Crippen molar-refractivity contribution >= 4 is 41.2 Å². The maximum absolute atomic E-state index is 12.7. The number of hydrogen-bond donors (Lipinski definition) is 2. The number of urea groups is 1. The zero-order valence-corrected chi connectivity index (χ0v) is 19.3. The normalized spacial score (nSPS) is 17.0. The van der Waals surface area contributed by atoms with E-state index in [0.717, 1.165) is 29.7 Å². The number of nitrogens with one attached hydrogen (secondary N) is 2. The van der Waals surface area contributed by atoms with Crippen LogP contribution in [-0.4, -0.2) is 57.2 Å². The molecule has 1 saturated heterocycles. The number of ether oxygens (including phenoxy) is 1. The van der Waals surface area contributed by atoms with Gasteiger partial charge < -0.3 is 15.4 Å². The van der Waals surface area contributed by atoms with E-state index in [1.165, 1.54) is 6.20 Å². The van der Waals surface area contributed by atoms with Gasteiger partial charge in [0.15, 0.2) is 6.61 Å². The first kappa shape index (κ1) is 23.7. The predicted molar refractivity (Wildman–Crippen MR) is 123 cm³/mol. The molecular formula is C23H26ClN5O5. The van der Waals surface area contributed by atoms with Crippen molar-refractivity contribution in [1.82, 2.24) is 20.0 Å². The van der Waals surface area contributed by atoms with Crippen molar-refractivity contribution < 1.29 is 23.9 Å². The monoisotopic (exact) mass is 487 g/mol. The number of nitrogens with zero attached hydrogens (tertiary/aromatic N) is 3. The lowest BCUT2D eigenvalue weighted by molar-refractivity contribution is -0.147. The highest BCUT2D eigenvalue weighted by atomic mass is 35.5. The van der Waals surface area contributed by atoms with Gasteiger partial charge in [0.25, 0.3) is 11.8 Å². The van der Waals surface area contributed by atoms with E-state index in [0.29, 0.717) is 30.2 Å². The molecule has 1 saturated carbocycles. The molecule has 10 nitrogen and oxygen atoms in total. The van der Waals surface area contributed by atoms with E-state index < -0.39 is 30.1 Å². The lowest BCUT2D eigenvalue weighted by atomic mass is 9.82. The Kier molecular flexibility index (Phi) is 7.16. The second kappa shape index (κ2) is 10.3. The van der Waals surface area contributed by atoms with Gasteiger partial charge in [-0.2, -0.15) is 5.10 Å². The predicted octanol–water partition coefficient (Wildman–Crippen LogP) is 2.71. The summed E-state index contributed by atoms with van der Waals surface area (Å²) in [5, 5.41) is 10.2. The number of halogens is 1. The summed E-state index contributed by atoms with van der Waals surface area (Å²) in [5.41, 5.74) is 0.0109. The average molecular weight is 488 g/mol. The topological polar surface area (TPSA) is 123 Å². The minimum absolute atomic E-state index is 0.0858. The average Bonchev–Trinajstić information content (AvgIpc) is 3.34. The van der Waals surface area contributed by atoms with Gasteiger partial charge in [-0.15, -0.1) is 0 Å². The van der Waals surface area contributed by atoms with Crippen molar-refractivity contribution in [2.24, 2.45) is 0 Å². The number of aromatic nitrogens is 2. The van der Waals surface area contributed by atoms with Crippen molar-refractivity contribution in [1.29, 1.82) is 0 Å². The summed E-state index contributed by atoms with van der Waals surface area (Å²) in [7, 11) is 0. The van der Waals surface area contributed by atoms with Gasteiger partial charge in [0.2, 0.25) is 0 Å². The van der Waals surface area contributed by atoms with Crippen LogP contribution < -0.4 is 10.6 Å². The highest BCUT2D eigenvalue weighted by Gasteiger charge is 2.51. The molecule has 2 aromatic rings. The number of esters is 1. The van der Waals surface area contributed by atoms with Gasteiger partial charge in [-0.1, -0.05) is 49.1 Å². The molecule has 0 atom stereocenters. The smallest absolute Gasteiger partial charge is 0.325 e. The fraction of sp³-hybridized carbons (Fsp3) is 0.435. The second-order valence-electron chi connectivity index (χ2n) is 8.45. The van der Waals surface area contributed by atoms with E-state index in [1.807, 2.05) is 18.2 Å². The summed E-state index contributed by atoms with van der Waals surface area (Å²) in [6.45, 7) is -0.229. The van der Waals surface area contributed by atoms with Gasteiger partial charge in [0.1, 0.15) is 11.4 Å². The number of benzene rings is 1. The molecular weight excluding hydrogens is 462 g/mol. The fourth-order valence-electron chi connectivity index (χ4n) is 4.33. The van der Waals surface area contributed by atoms with Crippen LogP contribution in [0.5, 0.6) is 0 Å². The number of amides is 4. The van der Waals surface area contributed by atoms with E-state index in [2.05, 4.69) is 15.7 Å². The first-order chi connectivity index (χ1) is 16.4. The van der Waals surface area contributed by atoms with Crippen LogP contribution in [-0.2, 0) is 25.7 Å². The van der Waals surface area contributed by atoms with Crippen LogP contribution in [0.4, 0.5) is 10.6 Å². The summed E-state index contributed by atoms with van der Waals surface area (Å²) < 4.78 is 6.59. The molecule has 11 heteroatoms. The summed E-state index contributed by atoms with van der Waals surface area (Å²) in [4.78, 5) is 50.5. The maximum atomic E-state index is 12.7.